The summed E-state index contributed by atoms with van der Waals surface area (Å²) in [6, 6.07) is 8.26. The molecule has 1 amide bonds. The number of carbonyl (C=O) groups is 2. The molecule has 0 saturated heterocycles. The molecule has 1 N–H and O–H groups in total. The first-order chi connectivity index (χ1) is 12.4. The third kappa shape index (κ3) is 3.11. The molecule has 8 heteroatoms. The largest absolute Gasteiger partial charge is 0.467 e. The fraction of sp³-hybridized carbons (Fsp3) is 0.222. The zero-order valence-electron chi connectivity index (χ0n) is 14.5. The number of nitrogens with zero attached hydrogens (tertiary/aromatic N) is 2. The van der Waals surface area contributed by atoms with E-state index in [4.69, 9.17) is 0 Å². The van der Waals surface area contributed by atoms with Gasteiger partial charge in [-0.15, -0.1) is 11.3 Å². The van der Waals surface area contributed by atoms with Gasteiger partial charge in [0.15, 0.2) is 0 Å². The molecule has 2 heterocycles. The highest BCUT2D eigenvalue weighted by Crippen LogP contribution is 2.28. The number of esters is 1. The van der Waals surface area contributed by atoms with E-state index in [1.165, 1.54) is 18.0 Å². The Bertz CT molecular complexity index is 1040. The highest BCUT2D eigenvalue weighted by molar-refractivity contribution is 7.20. The second kappa shape index (κ2) is 7.09. The second-order valence-electron chi connectivity index (χ2n) is 5.71. The molecule has 0 spiro atoms. The Labute approximate surface area is 153 Å². The molecule has 0 aliphatic heterocycles. The number of hydrogen-bond donors (Lipinski definition) is 1. The monoisotopic (exact) mass is 371 g/mol. The molecule has 1 aromatic carbocycles. The summed E-state index contributed by atoms with van der Waals surface area (Å²) in [4.78, 5) is 42.2. The molecule has 0 bridgehead atoms. The van der Waals surface area contributed by atoms with Crippen LogP contribution in [0.5, 0.6) is 0 Å². The number of ether oxygens (including phenoxy) is 1. The lowest BCUT2D eigenvalue weighted by Crippen LogP contribution is -2.29. The summed E-state index contributed by atoms with van der Waals surface area (Å²) in [6.07, 6.45) is 1.31. The van der Waals surface area contributed by atoms with E-state index in [0.29, 0.717) is 26.3 Å². The average molecular weight is 371 g/mol. The van der Waals surface area contributed by atoms with Gasteiger partial charge in [-0.1, -0.05) is 18.2 Å². The quantitative estimate of drug-likeness (QED) is 0.712. The van der Waals surface area contributed by atoms with Crippen LogP contribution in [0.25, 0.3) is 10.2 Å². The maximum absolute atomic E-state index is 12.8. The third-order valence-electron chi connectivity index (χ3n) is 4.07. The molecule has 0 saturated carbocycles. The number of hydrogen-bond acceptors (Lipinski definition) is 6. The SMILES string of the molecule is COC(=O)[C@H](C)n1cnc2sc(C(=O)Nc3ccccc3)c(C)c2c1=O. The molecular weight excluding hydrogens is 354 g/mol. The van der Waals surface area contributed by atoms with Crippen molar-refractivity contribution in [3.05, 3.63) is 57.5 Å². The Hall–Kier alpha value is -3.00. The molecular formula is C18H17N3O4S. The zero-order chi connectivity index (χ0) is 18.8. The van der Waals surface area contributed by atoms with Gasteiger partial charge in [-0.3, -0.25) is 14.2 Å². The molecule has 0 aliphatic rings. The summed E-state index contributed by atoms with van der Waals surface area (Å²) < 4.78 is 5.90. The van der Waals surface area contributed by atoms with Crippen molar-refractivity contribution in [2.75, 3.05) is 12.4 Å². The van der Waals surface area contributed by atoms with Crippen molar-refractivity contribution in [1.82, 2.24) is 9.55 Å². The van der Waals surface area contributed by atoms with E-state index in [9.17, 15) is 14.4 Å². The van der Waals surface area contributed by atoms with Gasteiger partial charge in [-0.2, -0.15) is 0 Å². The van der Waals surface area contributed by atoms with Crippen LogP contribution in [0.15, 0.2) is 41.5 Å². The molecule has 2 aromatic heterocycles. The predicted molar refractivity (Wildman–Crippen MR) is 99.7 cm³/mol. The Morgan fingerprint density at radius 3 is 2.62 bits per heavy atom. The normalized spacial score (nSPS) is 12.0. The van der Waals surface area contributed by atoms with Crippen LogP contribution in [0.1, 0.15) is 28.2 Å². The number of para-hydroxylation sites is 1. The van der Waals surface area contributed by atoms with Crippen LogP contribution in [-0.4, -0.2) is 28.5 Å². The average Bonchev–Trinajstić information content (AvgIpc) is 2.99. The maximum Gasteiger partial charge on any atom is 0.328 e. The smallest absolute Gasteiger partial charge is 0.328 e. The van der Waals surface area contributed by atoms with E-state index in [2.05, 4.69) is 15.0 Å². The summed E-state index contributed by atoms with van der Waals surface area (Å²) in [6.45, 7) is 3.26. The Balaban J connectivity index is 2.03. The first-order valence-electron chi connectivity index (χ1n) is 7.88. The zero-order valence-corrected chi connectivity index (χ0v) is 15.3. The van der Waals surface area contributed by atoms with Gasteiger partial charge in [0.25, 0.3) is 11.5 Å². The molecule has 0 fully saturated rings. The van der Waals surface area contributed by atoms with E-state index < -0.39 is 12.0 Å². The number of thiophene rings is 1. The molecule has 134 valence electrons. The minimum atomic E-state index is -0.801. The standard InChI is InChI=1S/C18H17N3O4S/c1-10-13-16(19-9-21(17(13)23)11(2)18(24)25-3)26-14(10)15(22)20-12-7-5-4-6-8-12/h4-9,11H,1-3H3,(H,20,22)/t11-/m0/s1. The molecule has 3 aromatic rings. The van der Waals surface area contributed by atoms with Crippen LogP contribution in [0.4, 0.5) is 5.69 Å². The number of rotatable bonds is 4. The third-order valence-corrected chi connectivity index (χ3v) is 5.27. The number of amides is 1. The highest BCUT2D eigenvalue weighted by atomic mass is 32.1. The van der Waals surface area contributed by atoms with Crippen LogP contribution in [0, 0.1) is 6.92 Å². The van der Waals surface area contributed by atoms with Crippen LogP contribution < -0.4 is 10.9 Å². The van der Waals surface area contributed by atoms with E-state index in [1.54, 1.807) is 26.0 Å². The molecule has 3 rings (SSSR count). The van der Waals surface area contributed by atoms with Crippen molar-refractivity contribution in [1.29, 1.82) is 0 Å². The first kappa shape index (κ1) is 17.8. The lowest BCUT2D eigenvalue weighted by molar-refractivity contribution is -0.144. The van der Waals surface area contributed by atoms with Crippen LogP contribution in [0.3, 0.4) is 0 Å². The second-order valence-corrected chi connectivity index (χ2v) is 6.71. The van der Waals surface area contributed by atoms with Crippen molar-refractivity contribution in [2.24, 2.45) is 0 Å². The minimum absolute atomic E-state index is 0.302. The number of benzene rings is 1. The highest BCUT2D eigenvalue weighted by Gasteiger charge is 2.23. The van der Waals surface area contributed by atoms with Gasteiger partial charge in [0.2, 0.25) is 0 Å². The maximum atomic E-state index is 12.8. The van der Waals surface area contributed by atoms with Crippen molar-refractivity contribution >= 4 is 39.1 Å². The topological polar surface area (TPSA) is 90.3 Å². The van der Waals surface area contributed by atoms with Crippen LogP contribution in [0.2, 0.25) is 0 Å². The Morgan fingerprint density at radius 2 is 1.96 bits per heavy atom. The molecule has 0 aliphatic carbocycles. The molecule has 0 unspecified atom stereocenters. The van der Waals surface area contributed by atoms with Gasteiger partial charge in [0, 0.05) is 5.69 Å². The summed E-state index contributed by atoms with van der Waals surface area (Å²) >= 11 is 1.15. The Morgan fingerprint density at radius 1 is 1.27 bits per heavy atom. The molecule has 1 atom stereocenters. The van der Waals surface area contributed by atoms with E-state index >= 15 is 0 Å². The lowest BCUT2D eigenvalue weighted by Gasteiger charge is -2.11. The van der Waals surface area contributed by atoms with E-state index in [1.807, 2.05) is 18.2 Å². The number of carbonyl (C=O) groups excluding carboxylic acids is 2. The van der Waals surface area contributed by atoms with Gasteiger partial charge < -0.3 is 10.1 Å². The number of fused-ring (bicyclic) bond motifs is 1. The predicted octanol–water partition coefficient (Wildman–Crippen LogP) is 2.75. The number of aryl methyl sites for hydroxylation is 1. The summed E-state index contributed by atoms with van der Waals surface area (Å²) in [7, 11) is 1.26. The number of methoxy groups -OCH3 is 1. The fourth-order valence-electron chi connectivity index (χ4n) is 2.62. The van der Waals surface area contributed by atoms with E-state index in [0.717, 1.165) is 11.3 Å². The number of anilines is 1. The summed E-state index contributed by atoms with van der Waals surface area (Å²) in [5.41, 5.74) is 0.835. The van der Waals surface area contributed by atoms with Crippen molar-refractivity contribution in [2.45, 2.75) is 19.9 Å². The van der Waals surface area contributed by atoms with Crippen molar-refractivity contribution < 1.29 is 14.3 Å². The van der Waals surface area contributed by atoms with Gasteiger partial charge in [-0.05, 0) is 31.5 Å². The van der Waals surface area contributed by atoms with Gasteiger partial charge in [0.05, 0.1) is 23.7 Å². The van der Waals surface area contributed by atoms with Crippen LogP contribution >= 0.6 is 11.3 Å². The van der Waals surface area contributed by atoms with Crippen molar-refractivity contribution in [3.8, 4) is 0 Å². The number of aromatic nitrogens is 2. The molecule has 26 heavy (non-hydrogen) atoms. The molecule has 0 radical (unpaired) electrons. The minimum Gasteiger partial charge on any atom is -0.467 e. The van der Waals surface area contributed by atoms with Gasteiger partial charge in [-0.25, -0.2) is 9.78 Å². The summed E-state index contributed by atoms with van der Waals surface area (Å²) in [5.74, 6) is -0.841. The van der Waals surface area contributed by atoms with Crippen LogP contribution in [-0.2, 0) is 9.53 Å². The van der Waals surface area contributed by atoms with Crippen molar-refractivity contribution in [3.63, 3.8) is 0 Å². The van der Waals surface area contributed by atoms with Gasteiger partial charge in [0.1, 0.15) is 10.9 Å². The molecule has 7 nitrogen and oxygen atoms in total. The van der Waals surface area contributed by atoms with E-state index in [-0.39, 0.29) is 11.5 Å². The first-order valence-corrected chi connectivity index (χ1v) is 8.70. The van der Waals surface area contributed by atoms with Gasteiger partial charge >= 0.3 is 5.97 Å². The summed E-state index contributed by atoms with van der Waals surface area (Å²) in [5, 5.41) is 3.14. The lowest BCUT2D eigenvalue weighted by atomic mass is 10.2. The number of nitrogens with one attached hydrogen (secondary N) is 1. The fourth-order valence-corrected chi connectivity index (χ4v) is 3.66. The Kier molecular flexibility index (Phi) is 4.85.